The second kappa shape index (κ2) is 7.32. The van der Waals surface area contributed by atoms with Crippen LogP contribution in [0, 0.1) is 0 Å². The SMILES string of the molecule is CCCOCCC(=O)N[C@@H](C)C(=O)O. The summed E-state index contributed by atoms with van der Waals surface area (Å²) < 4.78 is 5.09. The van der Waals surface area contributed by atoms with Crippen molar-refractivity contribution in [3.05, 3.63) is 0 Å². The molecule has 5 nitrogen and oxygen atoms in total. The largest absolute Gasteiger partial charge is 0.480 e. The molecule has 0 aromatic rings. The number of hydrogen-bond donors (Lipinski definition) is 2. The van der Waals surface area contributed by atoms with Crippen molar-refractivity contribution in [2.24, 2.45) is 0 Å². The number of nitrogens with one attached hydrogen (secondary N) is 1. The molecule has 0 heterocycles. The maximum absolute atomic E-state index is 11.1. The molecule has 5 heteroatoms. The minimum Gasteiger partial charge on any atom is -0.480 e. The minimum atomic E-state index is -1.03. The second-order valence-electron chi connectivity index (χ2n) is 2.99. The van der Waals surface area contributed by atoms with E-state index in [1.807, 2.05) is 6.92 Å². The first-order valence-corrected chi connectivity index (χ1v) is 4.67. The van der Waals surface area contributed by atoms with E-state index in [1.54, 1.807) is 0 Å². The Morgan fingerprint density at radius 3 is 2.57 bits per heavy atom. The molecule has 0 aromatic carbocycles. The maximum Gasteiger partial charge on any atom is 0.325 e. The summed E-state index contributed by atoms with van der Waals surface area (Å²) in [5.74, 6) is -1.33. The lowest BCUT2D eigenvalue weighted by Crippen LogP contribution is -2.38. The molecule has 0 aliphatic heterocycles. The van der Waals surface area contributed by atoms with E-state index in [1.165, 1.54) is 6.92 Å². The van der Waals surface area contributed by atoms with Crippen LogP contribution in [0.1, 0.15) is 26.7 Å². The minimum absolute atomic E-state index is 0.206. The Morgan fingerprint density at radius 2 is 2.07 bits per heavy atom. The zero-order chi connectivity index (χ0) is 11.0. The van der Waals surface area contributed by atoms with Gasteiger partial charge in [-0.2, -0.15) is 0 Å². The molecule has 82 valence electrons. The third kappa shape index (κ3) is 6.42. The lowest BCUT2D eigenvalue weighted by atomic mass is 10.3. The Labute approximate surface area is 83.4 Å². The molecule has 1 atom stereocenters. The Morgan fingerprint density at radius 1 is 1.43 bits per heavy atom. The summed E-state index contributed by atoms with van der Waals surface area (Å²) in [6.07, 6.45) is 1.12. The predicted octanol–water partition coefficient (Wildman–Crippen LogP) is 0.392. The molecule has 2 N–H and O–H groups in total. The monoisotopic (exact) mass is 203 g/mol. The average Bonchev–Trinajstić information content (AvgIpc) is 2.12. The Bertz CT molecular complexity index is 193. The maximum atomic E-state index is 11.1. The zero-order valence-electron chi connectivity index (χ0n) is 8.58. The van der Waals surface area contributed by atoms with E-state index in [9.17, 15) is 9.59 Å². The molecule has 0 spiro atoms. The van der Waals surface area contributed by atoms with Gasteiger partial charge in [-0.1, -0.05) is 6.92 Å². The van der Waals surface area contributed by atoms with Crippen LogP contribution in [0.2, 0.25) is 0 Å². The molecule has 0 radical (unpaired) electrons. The zero-order valence-corrected chi connectivity index (χ0v) is 8.58. The molecule has 0 rings (SSSR count). The first kappa shape index (κ1) is 12.9. The molecule has 0 unspecified atom stereocenters. The fourth-order valence-electron chi connectivity index (χ4n) is 0.787. The molecule has 14 heavy (non-hydrogen) atoms. The van der Waals surface area contributed by atoms with E-state index in [2.05, 4.69) is 5.32 Å². The van der Waals surface area contributed by atoms with Crippen LogP contribution >= 0.6 is 0 Å². The standard InChI is InChI=1S/C9H17NO4/c1-3-5-14-6-4-8(11)10-7(2)9(12)13/h7H,3-6H2,1-2H3,(H,10,11)(H,12,13)/t7-/m0/s1. The van der Waals surface area contributed by atoms with Crippen LogP contribution in [0.4, 0.5) is 0 Å². The Balaban J connectivity index is 3.50. The topological polar surface area (TPSA) is 75.6 Å². The van der Waals surface area contributed by atoms with Gasteiger partial charge in [-0.25, -0.2) is 0 Å². The van der Waals surface area contributed by atoms with E-state index in [-0.39, 0.29) is 12.3 Å². The van der Waals surface area contributed by atoms with Gasteiger partial charge < -0.3 is 15.2 Å². The molecule has 0 saturated carbocycles. The van der Waals surface area contributed by atoms with Crippen molar-refractivity contribution in [2.75, 3.05) is 13.2 Å². The number of carboxylic acid groups (broad SMARTS) is 1. The van der Waals surface area contributed by atoms with Crippen LogP contribution in [0.3, 0.4) is 0 Å². The van der Waals surface area contributed by atoms with Crippen molar-refractivity contribution >= 4 is 11.9 Å². The number of carboxylic acids is 1. The summed E-state index contributed by atoms with van der Waals surface area (Å²) in [5, 5.41) is 10.8. The van der Waals surface area contributed by atoms with Gasteiger partial charge in [0.25, 0.3) is 0 Å². The first-order valence-electron chi connectivity index (χ1n) is 4.67. The van der Waals surface area contributed by atoms with Gasteiger partial charge in [0, 0.05) is 13.0 Å². The summed E-state index contributed by atoms with van der Waals surface area (Å²) in [7, 11) is 0. The number of carbonyl (C=O) groups excluding carboxylic acids is 1. The summed E-state index contributed by atoms with van der Waals surface area (Å²) in [5.41, 5.74) is 0. The number of hydrogen-bond acceptors (Lipinski definition) is 3. The normalized spacial score (nSPS) is 12.1. The van der Waals surface area contributed by atoms with Gasteiger partial charge in [0.1, 0.15) is 6.04 Å². The molecule has 0 aromatic heterocycles. The average molecular weight is 203 g/mol. The van der Waals surface area contributed by atoms with E-state index in [4.69, 9.17) is 9.84 Å². The lowest BCUT2D eigenvalue weighted by Gasteiger charge is -2.08. The van der Waals surface area contributed by atoms with Gasteiger partial charge in [-0.3, -0.25) is 9.59 Å². The fraction of sp³-hybridized carbons (Fsp3) is 0.778. The highest BCUT2D eigenvalue weighted by molar-refractivity contribution is 5.83. The summed E-state index contributed by atoms with van der Waals surface area (Å²) in [6.45, 7) is 4.37. The van der Waals surface area contributed by atoms with Crippen LogP contribution < -0.4 is 5.32 Å². The highest BCUT2D eigenvalue weighted by Gasteiger charge is 2.12. The van der Waals surface area contributed by atoms with Gasteiger partial charge in [-0.05, 0) is 13.3 Å². The van der Waals surface area contributed by atoms with Crippen molar-refractivity contribution in [3.8, 4) is 0 Å². The van der Waals surface area contributed by atoms with Crippen LogP contribution in [0.15, 0.2) is 0 Å². The van der Waals surface area contributed by atoms with Crippen LogP contribution in [0.5, 0.6) is 0 Å². The molecular weight excluding hydrogens is 186 g/mol. The molecule has 0 aliphatic rings. The molecule has 0 aliphatic carbocycles. The van der Waals surface area contributed by atoms with Crippen molar-refractivity contribution < 1.29 is 19.4 Å². The summed E-state index contributed by atoms with van der Waals surface area (Å²) in [6, 6.07) is -0.839. The van der Waals surface area contributed by atoms with Gasteiger partial charge in [-0.15, -0.1) is 0 Å². The second-order valence-corrected chi connectivity index (χ2v) is 2.99. The molecular formula is C9H17NO4. The lowest BCUT2D eigenvalue weighted by molar-refractivity contribution is -0.141. The van der Waals surface area contributed by atoms with Crippen LogP contribution in [0.25, 0.3) is 0 Å². The van der Waals surface area contributed by atoms with Crippen LogP contribution in [-0.4, -0.2) is 36.2 Å². The third-order valence-electron chi connectivity index (χ3n) is 1.57. The quantitative estimate of drug-likeness (QED) is 0.587. The number of carbonyl (C=O) groups is 2. The van der Waals surface area contributed by atoms with Gasteiger partial charge in [0.2, 0.25) is 5.91 Å². The summed E-state index contributed by atoms with van der Waals surface area (Å²) in [4.78, 5) is 21.4. The van der Waals surface area contributed by atoms with Crippen LogP contribution in [-0.2, 0) is 14.3 Å². The van der Waals surface area contributed by atoms with Crippen molar-refractivity contribution in [1.82, 2.24) is 5.32 Å². The Hall–Kier alpha value is -1.10. The van der Waals surface area contributed by atoms with Gasteiger partial charge in [0.05, 0.1) is 6.61 Å². The van der Waals surface area contributed by atoms with E-state index >= 15 is 0 Å². The predicted molar refractivity (Wildman–Crippen MR) is 51.0 cm³/mol. The molecule has 0 saturated heterocycles. The first-order chi connectivity index (χ1) is 6.57. The smallest absolute Gasteiger partial charge is 0.325 e. The third-order valence-corrected chi connectivity index (χ3v) is 1.57. The molecule has 1 amide bonds. The van der Waals surface area contributed by atoms with E-state index < -0.39 is 12.0 Å². The van der Waals surface area contributed by atoms with Crippen molar-refractivity contribution in [1.29, 1.82) is 0 Å². The van der Waals surface area contributed by atoms with Gasteiger partial charge in [0.15, 0.2) is 0 Å². The van der Waals surface area contributed by atoms with Crippen molar-refractivity contribution in [3.63, 3.8) is 0 Å². The Kier molecular flexibility index (Phi) is 6.74. The van der Waals surface area contributed by atoms with E-state index in [0.717, 1.165) is 6.42 Å². The number of rotatable bonds is 7. The number of aliphatic carboxylic acids is 1. The number of ether oxygens (including phenoxy) is 1. The molecule has 0 fully saturated rings. The fourth-order valence-corrected chi connectivity index (χ4v) is 0.787. The summed E-state index contributed by atoms with van der Waals surface area (Å²) >= 11 is 0. The molecule has 0 bridgehead atoms. The van der Waals surface area contributed by atoms with Gasteiger partial charge >= 0.3 is 5.97 Å². The highest BCUT2D eigenvalue weighted by atomic mass is 16.5. The van der Waals surface area contributed by atoms with Crippen molar-refractivity contribution in [2.45, 2.75) is 32.7 Å². The van der Waals surface area contributed by atoms with E-state index in [0.29, 0.717) is 13.2 Å². The number of amides is 1. The highest BCUT2D eigenvalue weighted by Crippen LogP contribution is 1.88.